The number of benzene rings is 1. The summed E-state index contributed by atoms with van der Waals surface area (Å²) in [6.07, 6.45) is 3.34. The molecule has 0 aliphatic carbocycles. The molecule has 4 rings (SSSR count). The van der Waals surface area contributed by atoms with E-state index in [9.17, 15) is 14.7 Å². The number of aryl methyl sites for hydroxylation is 1. The van der Waals surface area contributed by atoms with Crippen LogP contribution in [0.15, 0.2) is 35.1 Å². The molecule has 0 spiro atoms. The molecule has 2 aliphatic heterocycles. The van der Waals surface area contributed by atoms with E-state index in [1.54, 1.807) is 0 Å². The van der Waals surface area contributed by atoms with Crippen LogP contribution in [0.1, 0.15) is 35.4 Å². The lowest BCUT2D eigenvalue weighted by Crippen LogP contribution is -2.44. The van der Waals surface area contributed by atoms with Crippen molar-refractivity contribution in [1.29, 1.82) is 0 Å². The molecule has 1 aromatic heterocycles. The quantitative estimate of drug-likeness (QED) is 0.856. The molecule has 2 aromatic rings. The second-order valence-electron chi connectivity index (χ2n) is 7.25. The highest BCUT2D eigenvalue weighted by atomic mass is 16.3. The smallest absolute Gasteiger partial charge is 0.343 e. The Morgan fingerprint density at radius 2 is 2.12 bits per heavy atom. The first kappa shape index (κ1) is 16.1. The molecule has 1 aromatic carbocycles. The number of amides is 1. The zero-order valence-corrected chi connectivity index (χ0v) is 14.2. The van der Waals surface area contributed by atoms with Gasteiger partial charge in [0, 0.05) is 24.5 Å². The number of aromatic amines is 1. The number of carbonyl (C=O) groups is 1. The summed E-state index contributed by atoms with van der Waals surface area (Å²) < 4.78 is 1.13. The van der Waals surface area contributed by atoms with Crippen molar-refractivity contribution in [3.05, 3.63) is 52.2 Å². The van der Waals surface area contributed by atoms with E-state index in [0.29, 0.717) is 0 Å². The van der Waals surface area contributed by atoms with Crippen molar-refractivity contribution in [3.8, 4) is 0 Å². The first-order valence-corrected chi connectivity index (χ1v) is 8.65. The molecular weight excluding hydrogens is 320 g/mol. The van der Waals surface area contributed by atoms with Crippen LogP contribution in [0, 0.1) is 5.41 Å². The fourth-order valence-electron chi connectivity index (χ4n) is 4.64. The van der Waals surface area contributed by atoms with E-state index in [1.807, 2.05) is 23.1 Å². The summed E-state index contributed by atoms with van der Waals surface area (Å²) in [7, 11) is 1.52. The van der Waals surface area contributed by atoms with Crippen molar-refractivity contribution in [2.24, 2.45) is 12.5 Å². The molecule has 0 saturated carbocycles. The monoisotopic (exact) mass is 342 g/mol. The molecule has 7 heteroatoms. The van der Waals surface area contributed by atoms with Crippen molar-refractivity contribution in [2.75, 3.05) is 6.61 Å². The molecule has 2 bridgehead atoms. The predicted octanol–water partition coefficient (Wildman–Crippen LogP) is 0.707. The Hall–Kier alpha value is -2.41. The van der Waals surface area contributed by atoms with Crippen molar-refractivity contribution >= 4 is 5.91 Å². The molecule has 0 radical (unpaired) electrons. The first-order chi connectivity index (χ1) is 12.0. The SMILES string of the molecule is Cn1nc(C(=O)N2[C@@H]3CC[C@H]2[C@](CO)(Cc2ccccc2)C3)[nH]c1=O. The number of aliphatic hydroxyl groups excluding tert-OH is 1. The lowest BCUT2D eigenvalue weighted by molar-refractivity contribution is 0.0561. The Bertz CT molecular complexity index is 844. The van der Waals surface area contributed by atoms with Gasteiger partial charge in [-0.05, 0) is 31.2 Å². The largest absolute Gasteiger partial charge is 0.396 e. The summed E-state index contributed by atoms with van der Waals surface area (Å²) in [5.41, 5.74) is 0.449. The zero-order valence-electron chi connectivity index (χ0n) is 14.2. The number of fused-ring (bicyclic) bond motifs is 2. The Morgan fingerprint density at radius 1 is 1.36 bits per heavy atom. The van der Waals surface area contributed by atoms with Gasteiger partial charge < -0.3 is 10.0 Å². The molecule has 3 heterocycles. The van der Waals surface area contributed by atoms with E-state index in [4.69, 9.17) is 0 Å². The standard InChI is InChI=1S/C18H22N4O3/c1-21-17(25)19-15(20-21)16(24)22-13-7-8-14(22)18(10-13,11-23)9-12-5-3-2-4-6-12/h2-6,13-14,23H,7-11H2,1H3,(H,19,20,25)/t13-,14+,18-/m1/s1. The highest BCUT2D eigenvalue weighted by Crippen LogP contribution is 2.51. The summed E-state index contributed by atoms with van der Waals surface area (Å²) >= 11 is 0. The Balaban J connectivity index is 1.63. The minimum atomic E-state index is -0.396. The highest BCUT2D eigenvalue weighted by Gasteiger charge is 2.57. The number of nitrogens with one attached hydrogen (secondary N) is 1. The van der Waals surface area contributed by atoms with Crippen LogP contribution in [0.25, 0.3) is 0 Å². The summed E-state index contributed by atoms with van der Waals surface area (Å²) in [5, 5.41) is 14.2. The van der Waals surface area contributed by atoms with Crippen LogP contribution in [0.3, 0.4) is 0 Å². The number of carbonyl (C=O) groups excluding carboxylic acids is 1. The van der Waals surface area contributed by atoms with Gasteiger partial charge in [0.1, 0.15) is 0 Å². The Kier molecular flexibility index (Phi) is 3.76. The second kappa shape index (κ2) is 5.84. The molecule has 2 N–H and O–H groups in total. The third kappa shape index (κ3) is 2.50. The first-order valence-electron chi connectivity index (χ1n) is 8.65. The topological polar surface area (TPSA) is 91.2 Å². The van der Waals surface area contributed by atoms with Crippen LogP contribution in [-0.4, -0.2) is 49.4 Å². The normalized spacial score (nSPS) is 27.8. The van der Waals surface area contributed by atoms with Gasteiger partial charge in [-0.1, -0.05) is 30.3 Å². The Labute approximate surface area is 145 Å². The number of hydrogen-bond donors (Lipinski definition) is 2. The summed E-state index contributed by atoms with van der Waals surface area (Å²) in [6.45, 7) is 0.0472. The fourth-order valence-corrected chi connectivity index (χ4v) is 4.64. The van der Waals surface area contributed by atoms with Gasteiger partial charge in [0.05, 0.1) is 6.61 Å². The number of nitrogens with zero attached hydrogens (tertiary/aromatic N) is 3. The maximum absolute atomic E-state index is 12.9. The fraction of sp³-hybridized carbons (Fsp3) is 0.500. The van der Waals surface area contributed by atoms with Crippen molar-refractivity contribution < 1.29 is 9.90 Å². The van der Waals surface area contributed by atoms with Gasteiger partial charge in [0.25, 0.3) is 5.91 Å². The second-order valence-corrected chi connectivity index (χ2v) is 7.25. The number of aliphatic hydroxyl groups is 1. The van der Waals surface area contributed by atoms with Crippen LogP contribution in [0.2, 0.25) is 0 Å². The molecule has 132 valence electrons. The molecule has 0 unspecified atom stereocenters. The number of H-pyrrole nitrogens is 1. The number of rotatable bonds is 4. The summed E-state index contributed by atoms with van der Waals surface area (Å²) in [6, 6.07) is 10.2. The molecule has 2 fully saturated rings. The average Bonchev–Trinajstić information content (AvgIpc) is 3.27. The summed E-state index contributed by atoms with van der Waals surface area (Å²) in [5.74, 6) is -0.161. The maximum Gasteiger partial charge on any atom is 0.343 e. The minimum Gasteiger partial charge on any atom is -0.396 e. The maximum atomic E-state index is 12.9. The summed E-state index contributed by atoms with van der Waals surface area (Å²) in [4.78, 5) is 28.9. The van der Waals surface area contributed by atoms with Crippen LogP contribution < -0.4 is 5.69 Å². The third-order valence-corrected chi connectivity index (χ3v) is 5.77. The van der Waals surface area contributed by atoms with Crippen LogP contribution in [-0.2, 0) is 13.5 Å². The van der Waals surface area contributed by atoms with Crippen molar-refractivity contribution in [3.63, 3.8) is 0 Å². The van der Waals surface area contributed by atoms with Crippen molar-refractivity contribution in [2.45, 2.75) is 37.8 Å². The lowest BCUT2D eigenvalue weighted by Gasteiger charge is -2.36. The van der Waals surface area contributed by atoms with Crippen LogP contribution >= 0.6 is 0 Å². The van der Waals surface area contributed by atoms with Gasteiger partial charge in [-0.25, -0.2) is 9.48 Å². The molecule has 3 atom stereocenters. The van der Waals surface area contributed by atoms with E-state index in [2.05, 4.69) is 22.2 Å². The molecular formula is C18H22N4O3. The van der Waals surface area contributed by atoms with E-state index in [0.717, 1.165) is 30.4 Å². The molecule has 1 amide bonds. The van der Waals surface area contributed by atoms with E-state index < -0.39 is 5.69 Å². The van der Waals surface area contributed by atoms with Gasteiger partial charge in [0.2, 0.25) is 5.82 Å². The van der Waals surface area contributed by atoms with Crippen LogP contribution in [0.5, 0.6) is 0 Å². The zero-order chi connectivity index (χ0) is 17.6. The molecule has 2 saturated heterocycles. The van der Waals surface area contributed by atoms with Gasteiger partial charge in [-0.15, -0.1) is 5.10 Å². The Morgan fingerprint density at radius 3 is 2.76 bits per heavy atom. The molecule has 7 nitrogen and oxygen atoms in total. The van der Waals surface area contributed by atoms with Gasteiger partial charge in [0.15, 0.2) is 0 Å². The number of aromatic nitrogens is 3. The minimum absolute atomic E-state index is 0.0271. The van der Waals surface area contributed by atoms with Crippen LogP contribution in [0.4, 0.5) is 0 Å². The average molecular weight is 342 g/mol. The van der Waals surface area contributed by atoms with E-state index in [-0.39, 0.29) is 35.8 Å². The number of hydrogen-bond acceptors (Lipinski definition) is 4. The van der Waals surface area contributed by atoms with Gasteiger partial charge in [-0.3, -0.25) is 9.78 Å². The van der Waals surface area contributed by atoms with E-state index in [1.165, 1.54) is 12.6 Å². The molecule has 25 heavy (non-hydrogen) atoms. The van der Waals surface area contributed by atoms with Crippen molar-refractivity contribution in [1.82, 2.24) is 19.7 Å². The van der Waals surface area contributed by atoms with E-state index >= 15 is 0 Å². The molecule has 2 aliphatic rings. The highest BCUT2D eigenvalue weighted by molar-refractivity contribution is 5.91. The van der Waals surface area contributed by atoms with Gasteiger partial charge >= 0.3 is 5.69 Å². The van der Waals surface area contributed by atoms with Gasteiger partial charge in [-0.2, -0.15) is 0 Å². The predicted molar refractivity (Wildman–Crippen MR) is 91.1 cm³/mol. The lowest BCUT2D eigenvalue weighted by atomic mass is 9.70. The third-order valence-electron chi connectivity index (χ3n) is 5.77.